The van der Waals surface area contributed by atoms with Crippen LogP contribution in [0.3, 0.4) is 0 Å². The van der Waals surface area contributed by atoms with Gasteiger partial charge in [-0.15, -0.1) is 6.58 Å². The van der Waals surface area contributed by atoms with Crippen molar-refractivity contribution in [1.82, 2.24) is 9.29 Å². The number of aromatic nitrogens is 1. The van der Waals surface area contributed by atoms with Gasteiger partial charge in [0.05, 0.1) is 11.3 Å². The second-order valence-electron chi connectivity index (χ2n) is 5.10. The van der Waals surface area contributed by atoms with Gasteiger partial charge in [-0.3, -0.25) is 0 Å². The normalized spacial score (nSPS) is 11.2. The molecule has 6 heteroatoms. The predicted octanol–water partition coefficient (Wildman–Crippen LogP) is 3.62. The molecule has 0 bridgehead atoms. The predicted molar refractivity (Wildman–Crippen MR) is 109 cm³/mol. The highest BCUT2D eigenvalue weighted by Gasteiger charge is 2.16. The van der Waals surface area contributed by atoms with Gasteiger partial charge in [-0.05, 0) is 32.5 Å². The lowest BCUT2D eigenvalue weighted by Gasteiger charge is -2.04. The summed E-state index contributed by atoms with van der Waals surface area (Å²) < 4.78 is 25.6. The van der Waals surface area contributed by atoms with E-state index in [1.807, 2.05) is 65.1 Å². The van der Waals surface area contributed by atoms with E-state index in [1.54, 1.807) is 6.20 Å². The minimum Gasteiger partial charge on any atom is -0.403 e. The molecule has 0 aliphatic heterocycles. The Balaban J connectivity index is 0.000000710. The molecule has 0 aliphatic rings. The summed E-state index contributed by atoms with van der Waals surface area (Å²) in [7, 11) is -1.53. The van der Waals surface area contributed by atoms with Crippen molar-refractivity contribution in [1.29, 1.82) is 0 Å². The molecule has 0 atom stereocenters. The number of nitrogens with one attached hydrogen (secondary N) is 1. The zero-order chi connectivity index (χ0) is 19.5. The summed E-state index contributed by atoms with van der Waals surface area (Å²) in [4.78, 5) is 0. The van der Waals surface area contributed by atoms with Gasteiger partial charge >= 0.3 is 0 Å². The van der Waals surface area contributed by atoms with Gasteiger partial charge in [0.15, 0.2) is 0 Å². The first-order chi connectivity index (χ1) is 11.9. The van der Waals surface area contributed by atoms with Crippen molar-refractivity contribution in [2.75, 3.05) is 12.8 Å². The maximum atomic E-state index is 12.1. The van der Waals surface area contributed by atoms with Crippen molar-refractivity contribution in [3.8, 4) is 0 Å². The van der Waals surface area contributed by atoms with E-state index in [0.717, 1.165) is 16.6 Å². The smallest absolute Gasteiger partial charge is 0.242 e. The van der Waals surface area contributed by atoms with Gasteiger partial charge in [-0.2, -0.15) is 0 Å². The largest absolute Gasteiger partial charge is 0.403 e. The lowest BCUT2D eigenvalue weighted by Crippen LogP contribution is -2.14. The van der Waals surface area contributed by atoms with E-state index in [0.29, 0.717) is 12.1 Å². The molecule has 0 spiro atoms. The summed E-state index contributed by atoms with van der Waals surface area (Å²) in [5.74, 6) is -0.0648. The van der Waals surface area contributed by atoms with E-state index >= 15 is 0 Å². The minimum atomic E-state index is -3.36. The quantitative estimate of drug-likeness (QED) is 0.794. The first-order valence-corrected chi connectivity index (χ1v) is 9.94. The van der Waals surface area contributed by atoms with Gasteiger partial charge in [0.1, 0.15) is 0 Å². The average molecular weight is 366 g/mol. The minimum absolute atomic E-state index is 0.0648. The number of hydrogen-bond acceptors (Lipinski definition) is 4. The molecule has 3 N–H and O–H groups in total. The first kappa shape index (κ1) is 22.9. The van der Waals surface area contributed by atoms with Crippen LogP contribution in [0.2, 0.25) is 0 Å². The molecule has 0 unspecified atom stereocenters. The number of rotatable bonds is 5. The van der Waals surface area contributed by atoms with Crippen LogP contribution >= 0.6 is 0 Å². The van der Waals surface area contributed by atoms with Crippen molar-refractivity contribution in [2.24, 2.45) is 5.73 Å². The number of nitrogens with zero attached hydrogens (tertiary/aromatic N) is 1. The standard InChI is InChI=1S/C13H16N2O2S.C4H9N.C2H6/c1-3-8-18(16,17)15-10-11(9-14-2)12-6-4-5-7-13(12)15;1-3-4(2)5;1-2/h3-7,10,14H,1,8-9H2,2H3;3H,5H2,1-2H3;1-2H3/b;4-3+;. The number of hydrogen-bond donors (Lipinski definition) is 2. The van der Waals surface area contributed by atoms with Gasteiger partial charge in [0.25, 0.3) is 0 Å². The third-order valence-electron chi connectivity index (χ3n) is 3.21. The second kappa shape index (κ2) is 11.5. The second-order valence-corrected chi connectivity index (χ2v) is 6.99. The zero-order valence-electron chi connectivity index (χ0n) is 15.9. The van der Waals surface area contributed by atoms with Crippen LogP contribution in [0.25, 0.3) is 10.9 Å². The van der Waals surface area contributed by atoms with Crippen LogP contribution in [0, 0.1) is 0 Å². The molecule has 0 saturated heterocycles. The zero-order valence-corrected chi connectivity index (χ0v) is 16.7. The molecule has 140 valence electrons. The van der Waals surface area contributed by atoms with Crippen LogP contribution in [-0.2, 0) is 16.6 Å². The van der Waals surface area contributed by atoms with Crippen LogP contribution in [0.1, 0.15) is 33.3 Å². The van der Waals surface area contributed by atoms with Crippen molar-refractivity contribution >= 4 is 20.9 Å². The first-order valence-electron chi connectivity index (χ1n) is 8.33. The van der Waals surface area contributed by atoms with Gasteiger partial charge in [0.2, 0.25) is 10.0 Å². The SMILES string of the molecule is C/C=C(\C)N.C=CCS(=O)(=O)n1cc(CNC)c2ccccc21.CC. The molecule has 5 nitrogen and oxygen atoms in total. The van der Waals surface area contributed by atoms with Gasteiger partial charge in [-0.1, -0.05) is 44.2 Å². The van der Waals surface area contributed by atoms with E-state index in [1.165, 1.54) is 10.0 Å². The Labute approximate surface area is 152 Å². The van der Waals surface area contributed by atoms with Gasteiger partial charge in [-0.25, -0.2) is 12.4 Å². The molecule has 0 saturated carbocycles. The summed E-state index contributed by atoms with van der Waals surface area (Å²) in [5, 5.41) is 4.00. The molecule has 0 radical (unpaired) electrons. The Hall–Kier alpha value is -2.05. The third kappa shape index (κ3) is 6.76. The Morgan fingerprint density at radius 1 is 1.32 bits per heavy atom. The van der Waals surface area contributed by atoms with E-state index in [-0.39, 0.29) is 5.75 Å². The molecule has 2 aromatic rings. The highest BCUT2D eigenvalue weighted by molar-refractivity contribution is 7.90. The van der Waals surface area contributed by atoms with Crippen molar-refractivity contribution < 1.29 is 8.42 Å². The Bertz CT molecular complexity index is 786. The van der Waals surface area contributed by atoms with E-state index < -0.39 is 10.0 Å². The summed E-state index contributed by atoms with van der Waals surface area (Å²) in [6, 6.07) is 7.49. The van der Waals surface area contributed by atoms with Crippen molar-refractivity contribution in [3.63, 3.8) is 0 Å². The molecule has 0 amide bonds. The fourth-order valence-electron chi connectivity index (χ4n) is 2.01. The lowest BCUT2D eigenvalue weighted by atomic mass is 10.2. The molecule has 0 aliphatic carbocycles. The van der Waals surface area contributed by atoms with E-state index in [2.05, 4.69) is 11.9 Å². The topological polar surface area (TPSA) is 77.1 Å². The molecular formula is C19H31N3O2S. The molecule has 2 rings (SSSR count). The fourth-order valence-corrected chi connectivity index (χ4v) is 3.21. The van der Waals surface area contributed by atoms with Crippen LogP contribution in [0.4, 0.5) is 0 Å². The van der Waals surface area contributed by atoms with Crippen LogP contribution in [0.15, 0.2) is 54.9 Å². The van der Waals surface area contributed by atoms with Gasteiger partial charge in [0, 0.05) is 23.8 Å². The third-order valence-corrected chi connectivity index (χ3v) is 4.77. The summed E-state index contributed by atoms with van der Waals surface area (Å²) in [5.41, 5.74) is 7.72. The van der Waals surface area contributed by atoms with Crippen LogP contribution in [-0.4, -0.2) is 25.2 Å². The average Bonchev–Trinajstić information content (AvgIpc) is 2.97. The van der Waals surface area contributed by atoms with Crippen molar-refractivity contribution in [3.05, 3.63) is 60.5 Å². The summed E-state index contributed by atoms with van der Waals surface area (Å²) in [6.07, 6.45) is 4.95. The number of nitrogens with two attached hydrogens (primary N) is 1. The van der Waals surface area contributed by atoms with Crippen LogP contribution < -0.4 is 11.1 Å². The molecule has 1 aromatic carbocycles. The van der Waals surface area contributed by atoms with Crippen molar-refractivity contribution in [2.45, 2.75) is 34.2 Å². The number of benzene rings is 1. The lowest BCUT2D eigenvalue weighted by molar-refractivity contribution is 0.592. The maximum Gasteiger partial charge on any atom is 0.242 e. The van der Waals surface area contributed by atoms with Crippen LogP contribution in [0.5, 0.6) is 0 Å². The number of fused-ring (bicyclic) bond motifs is 1. The van der Waals surface area contributed by atoms with Gasteiger partial charge < -0.3 is 11.1 Å². The Morgan fingerprint density at radius 3 is 2.36 bits per heavy atom. The highest BCUT2D eigenvalue weighted by Crippen LogP contribution is 2.23. The maximum absolute atomic E-state index is 12.1. The fraction of sp³-hybridized carbons (Fsp3) is 0.368. The number of para-hydroxylation sites is 1. The molecule has 1 aromatic heterocycles. The molecule has 0 fully saturated rings. The highest BCUT2D eigenvalue weighted by atomic mass is 32.2. The number of allylic oxidation sites excluding steroid dienone is 2. The van der Waals surface area contributed by atoms with E-state index in [4.69, 9.17) is 5.73 Å². The Morgan fingerprint density at radius 2 is 1.88 bits per heavy atom. The van der Waals surface area contributed by atoms with E-state index in [9.17, 15) is 8.42 Å². The summed E-state index contributed by atoms with van der Waals surface area (Å²) in [6.45, 7) is 11.9. The monoisotopic (exact) mass is 365 g/mol. The molecule has 25 heavy (non-hydrogen) atoms. The molecular weight excluding hydrogens is 334 g/mol. The molecule has 1 heterocycles. The Kier molecular flexibility index (Phi) is 10.6. The summed E-state index contributed by atoms with van der Waals surface area (Å²) >= 11 is 0.